The largest absolute Gasteiger partial charge is 0.495 e. The van der Waals surface area contributed by atoms with Crippen molar-refractivity contribution in [2.75, 3.05) is 38.2 Å². The second kappa shape index (κ2) is 4.63. The Bertz CT molecular complexity index is 435. The Morgan fingerprint density at radius 2 is 2.00 bits per heavy atom. The number of methoxy groups -OCH3 is 1. The molecule has 0 amide bonds. The van der Waals surface area contributed by atoms with Crippen LogP contribution in [0.5, 0.6) is 5.75 Å². The quantitative estimate of drug-likeness (QED) is 0.890. The van der Waals surface area contributed by atoms with Crippen LogP contribution in [0.1, 0.15) is 12.8 Å². The zero-order valence-corrected chi connectivity index (χ0v) is 11.5. The summed E-state index contributed by atoms with van der Waals surface area (Å²) in [6.07, 6.45) is 2.56. The first-order valence-electron chi connectivity index (χ1n) is 6.52. The number of halogens is 1. The Hall–Kier alpha value is -0.930. The zero-order chi connectivity index (χ0) is 12.6. The van der Waals surface area contributed by atoms with E-state index in [2.05, 4.69) is 16.3 Å². The lowest BCUT2D eigenvalue weighted by molar-refractivity contribution is 0.126. The monoisotopic (exact) mass is 266 g/mol. The van der Waals surface area contributed by atoms with Gasteiger partial charge in [0.2, 0.25) is 0 Å². The molecule has 0 saturated carbocycles. The Kier molecular flexibility index (Phi) is 3.12. The van der Waals surface area contributed by atoms with Gasteiger partial charge in [0.05, 0.1) is 12.1 Å². The molecule has 0 unspecified atom stereocenters. The van der Waals surface area contributed by atoms with Crippen molar-refractivity contribution in [3.05, 3.63) is 23.2 Å². The van der Waals surface area contributed by atoms with Gasteiger partial charge in [0.25, 0.3) is 0 Å². The fourth-order valence-electron chi connectivity index (χ4n) is 2.92. The number of hydrogen-bond acceptors (Lipinski definition) is 3. The summed E-state index contributed by atoms with van der Waals surface area (Å²) in [5.41, 5.74) is 1.80. The minimum absolute atomic E-state index is 0.590. The van der Waals surface area contributed by atoms with Crippen molar-refractivity contribution in [2.45, 2.75) is 12.8 Å². The molecule has 2 fully saturated rings. The third-order valence-electron chi connectivity index (χ3n) is 4.32. The van der Waals surface area contributed by atoms with Crippen molar-refractivity contribution in [1.82, 2.24) is 5.32 Å². The number of nitrogens with one attached hydrogen (secondary N) is 1. The van der Waals surface area contributed by atoms with E-state index in [4.69, 9.17) is 16.3 Å². The Labute approximate surface area is 113 Å². The summed E-state index contributed by atoms with van der Waals surface area (Å²) in [6.45, 7) is 4.66. The first-order valence-corrected chi connectivity index (χ1v) is 6.89. The van der Waals surface area contributed by atoms with E-state index in [9.17, 15) is 0 Å². The highest BCUT2D eigenvalue weighted by atomic mass is 35.5. The summed E-state index contributed by atoms with van der Waals surface area (Å²) in [5, 5.41) is 4.09. The molecule has 2 aliphatic rings. The molecule has 3 rings (SSSR count). The molecule has 3 nitrogen and oxygen atoms in total. The summed E-state index contributed by atoms with van der Waals surface area (Å²) in [7, 11) is 1.65. The highest BCUT2D eigenvalue weighted by Gasteiger charge is 2.39. The number of anilines is 1. The van der Waals surface area contributed by atoms with E-state index in [-0.39, 0.29) is 0 Å². The standard InChI is InChI=1S/C14H19ClN2O/c1-18-13-3-2-11(8-12(13)15)17-6-4-14(5-7-17)9-16-10-14/h2-3,8,16H,4-7,9-10H2,1H3. The van der Waals surface area contributed by atoms with Gasteiger partial charge in [-0.3, -0.25) is 0 Å². The molecular weight excluding hydrogens is 248 g/mol. The second-order valence-electron chi connectivity index (χ2n) is 5.41. The molecule has 0 aliphatic carbocycles. The maximum atomic E-state index is 6.18. The van der Waals surface area contributed by atoms with E-state index in [0.29, 0.717) is 10.4 Å². The number of hydrogen-bond donors (Lipinski definition) is 1. The molecule has 2 saturated heterocycles. The maximum absolute atomic E-state index is 6.18. The average Bonchev–Trinajstić information content (AvgIpc) is 2.37. The second-order valence-corrected chi connectivity index (χ2v) is 5.82. The third-order valence-corrected chi connectivity index (χ3v) is 4.62. The third kappa shape index (κ3) is 2.06. The molecule has 4 heteroatoms. The predicted molar refractivity (Wildman–Crippen MR) is 74.8 cm³/mol. The van der Waals surface area contributed by atoms with E-state index in [1.165, 1.54) is 31.6 Å². The lowest BCUT2D eigenvalue weighted by Crippen LogP contribution is -2.58. The summed E-state index contributed by atoms with van der Waals surface area (Å²) in [6, 6.07) is 6.06. The molecular formula is C14H19ClN2O. The van der Waals surface area contributed by atoms with Gasteiger partial charge in [0.15, 0.2) is 0 Å². The minimum atomic E-state index is 0.590. The molecule has 2 aliphatic heterocycles. The van der Waals surface area contributed by atoms with E-state index in [0.717, 1.165) is 18.8 Å². The van der Waals surface area contributed by atoms with Gasteiger partial charge in [-0.2, -0.15) is 0 Å². The van der Waals surface area contributed by atoms with Gasteiger partial charge in [-0.25, -0.2) is 0 Å². The lowest BCUT2D eigenvalue weighted by atomic mass is 9.73. The van der Waals surface area contributed by atoms with Crippen LogP contribution in [-0.4, -0.2) is 33.3 Å². The van der Waals surface area contributed by atoms with Crippen LogP contribution in [0.4, 0.5) is 5.69 Å². The summed E-state index contributed by atoms with van der Waals surface area (Å²) >= 11 is 6.18. The van der Waals surface area contributed by atoms with Gasteiger partial charge >= 0.3 is 0 Å². The molecule has 18 heavy (non-hydrogen) atoms. The van der Waals surface area contributed by atoms with Crippen LogP contribution >= 0.6 is 11.6 Å². The van der Waals surface area contributed by atoms with Gasteiger partial charge in [-0.15, -0.1) is 0 Å². The van der Waals surface area contributed by atoms with E-state index >= 15 is 0 Å². The van der Waals surface area contributed by atoms with Crippen LogP contribution in [-0.2, 0) is 0 Å². The number of ether oxygens (including phenoxy) is 1. The van der Waals surface area contributed by atoms with Crippen molar-refractivity contribution in [1.29, 1.82) is 0 Å². The van der Waals surface area contributed by atoms with Crippen LogP contribution in [0.25, 0.3) is 0 Å². The highest BCUT2D eigenvalue weighted by Crippen LogP contribution is 2.37. The molecule has 98 valence electrons. The fraction of sp³-hybridized carbons (Fsp3) is 0.571. The van der Waals surface area contributed by atoms with Crippen LogP contribution < -0.4 is 15.0 Å². The molecule has 1 N–H and O–H groups in total. The van der Waals surface area contributed by atoms with Crippen LogP contribution in [0, 0.1) is 5.41 Å². The minimum Gasteiger partial charge on any atom is -0.495 e. The summed E-state index contributed by atoms with van der Waals surface area (Å²) in [4.78, 5) is 2.43. The summed E-state index contributed by atoms with van der Waals surface area (Å²) in [5.74, 6) is 0.747. The molecule has 1 aromatic rings. The molecule has 0 radical (unpaired) electrons. The van der Waals surface area contributed by atoms with Crippen molar-refractivity contribution in [3.8, 4) is 5.75 Å². The molecule has 0 bridgehead atoms. The van der Waals surface area contributed by atoms with Crippen molar-refractivity contribution in [3.63, 3.8) is 0 Å². The SMILES string of the molecule is COc1ccc(N2CCC3(CC2)CNC3)cc1Cl. The molecule has 1 spiro atoms. The first kappa shape index (κ1) is 12.1. The van der Waals surface area contributed by atoms with E-state index in [1.54, 1.807) is 7.11 Å². The van der Waals surface area contributed by atoms with Gasteiger partial charge < -0.3 is 15.0 Å². The molecule has 2 heterocycles. The molecule has 1 aromatic carbocycles. The van der Waals surface area contributed by atoms with Crippen LogP contribution in [0.15, 0.2) is 18.2 Å². The summed E-state index contributed by atoms with van der Waals surface area (Å²) < 4.78 is 5.19. The predicted octanol–water partition coefficient (Wildman–Crippen LogP) is 2.54. The highest BCUT2D eigenvalue weighted by molar-refractivity contribution is 6.32. The van der Waals surface area contributed by atoms with E-state index < -0.39 is 0 Å². The van der Waals surface area contributed by atoms with Crippen molar-refractivity contribution >= 4 is 17.3 Å². The van der Waals surface area contributed by atoms with Crippen molar-refractivity contribution in [2.24, 2.45) is 5.41 Å². The number of rotatable bonds is 2. The average molecular weight is 267 g/mol. The smallest absolute Gasteiger partial charge is 0.137 e. The molecule has 0 aromatic heterocycles. The van der Waals surface area contributed by atoms with Crippen LogP contribution in [0.3, 0.4) is 0 Å². The number of piperidine rings is 1. The Balaban J connectivity index is 1.70. The molecule has 0 atom stereocenters. The number of benzene rings is 1. The van der Waals surface area contributed by atoms with Gasteiger partial charge in [-0.05, 0) is 36.5 Å². The maximum Gasteiger partial charge on any atom is 0.137 e. The Morgan fingerprint density at radius 1 is 1.28 bits per heavy atom. The lowest BCUT2D eigenvalue weighted by Gasteiger charge is -2.49. The zero-order valence-electron chi connectivity index (χ0n) is 10.7. The normalized spacial score (nSPS) is 21.8. The Morgan fingerprint density at radius 3 is 2.50 bits per heavy atom. The fourth-order valence-corrected chi connectivity index (χ4v) is 3.18. The van der Waals surface area contributed by atoms with Gasteiger partial charge in [0, 0.05) is 31.9 Å². The van der Waals surface area contributed by atoms with Crippen LogP contribution in [0.2, 0.25) is 5.02 Å². The first-order chi connectivity index (χ1) is 8.72. The van der Waals surface area contributed by atoms with Crippen molar-refractivity contribution < 1.29 is 4.74 Å². The van der Waals surface area contributed by atoms with E-state index in [1.807, 2.05) is 12.1 Å². The van der Waals surface area contributed by atoms with Gasteiger partial charge in [-0.1, -0.05) is 11.6 Å². The van der Waals surface area contributed by atoms with Gasteiger partial charge in [0.1, 0.15) is 5.75 Å². The number of nitrogens with zero attached hydrogens (tertiary/aromatic N) is 1. The topological polar surface area (TPSA) is 24.5 Å².